The smallest absolute Gasteiger partial charge is 0.352 e. The first-order valence-corrected chi connectivity index (χ1v) is 6.20. The van der Waals surface area contributed by atoms with Gasteiger partial charge in [0.15, 0.2) is 0 Å². The maximum absolute atomic E-state index is 12.4. The van der Waals surface area contributed by atoms with Gasteiger partial charge < -0.3 is 19.7 Å². The molecular formula is C13H18N2O4. The zero-order chi connectivity index (χ0) is 14.2. The Morgan fingerprint density at radius 1 is 1.42 bits per heavy atom. The summed E-state index contributed by atoms with van der Waals surface area (Å²) in [5, 5.41) is 9.05. The number of aryl methyl sites for hydroxylation is 1. The summed E-state index contributed by atoms with van der Waals surface area (Å²) in [5.74, 6) is -1.17. The van der Waals surface area contributed by atoms with Gasteiger partial charge in [-0.1, -0.05) is 0 Å². The molecule has 2 heterocycles. The molecule has 104 valence electrons. The lowest BCUT2D eigenvalue weighted by atomic mass is 10.1. The summed E-state index contributed by atoms with van der Waals surface area (Å²) in [6.07, 6.45) is 0.888. The second kappa shape index (κ2) is 5.05. The van der Waals surface area contributed by atoms with Crippen LogP contribution in [-0.4, -0.2) is 53.2 Å². The van der Waals surface area contributed by atoms with E-state index in [0.717, 1.165) is 6.42 Å². The van der Waals surface area contributed by atoms with E-state index in [-0.39, 0.29) is 17.7 Å². The topological polar surface area (TPSA) is 82.6 Å². The normalized spacial score (nSPS) is 18.9. The number of aromatic nitrogens is 1. The molecule has 6 nitrogen and oxygen atoms in total. The number of methoxy groups -OCH3 is 1. The molecule has 1 aliphatic heterocycles. The number of H-pyrrole nitrogens is 1. The number of ether oxygens (including phenoxy) is 1. The fourth-order valence-corrected chi connectivity index (χ4v) is 2.55. The Labute approximate surface area is 111 Å². The van der Waals surface area contributed by atoms with E-state index < -0.39 is 5.97 Å². The number of hydrogen-bond donors (Lipinski definition) is 2. The highest BCUT2D eigenvalue weighted by Gasteiger charge is 2.30. The van der Waals surface area contributed by atoms with Gasteiger partial charge in [-0.2, -0.15) is 0 Å². The van der Waals surface area contributed by atoms with Gasteiger partial charge >= 0.3 is 5.97 Å². The zero-order valence-electron chi connectivity index (χ0n) is 11.3. The van der Waals surface area contributed by atoms with Crippen molar-refractivity contribution in [1.29, 1.82) is 0 Å². The molecule has 0 radical (unpaired) electrons. The third-order valence-electron chi connectivity index (χ3n) is 3.63. The average molecular weight is 266 g/mol. The van der Waals surface area contributed by atoms with Gasteiger partial charge in [-0.3, -0.25) is 4.79 Å². The maximum atomic E-state index is 12.4. The third kappa shape index (κ3) is 2.35. The van der Waals surface area contributed by atoms with Crippen molar-refractivity contribution in [3.63, 3.8) is 0 Å². The molecule has 1 amide bonds. The van der Waals surface area contributed by atoms with Gasteiger partial charge in [-0.25, -0.2) is 4.79 Å². The van der Waals surface area contributed by atoms with E-state index in [1.165, 1.54) is 0 Å². The lowest BCUT2D eigenvalue weighted by Crippen LogP contribution is -2.30. The Kier molecular flexibility index (Phi) is 3.61. The summed E-state index contributed by atoms with van der Waals surface area (Å²) in [6, 6.07) is 0. The van der Waals surface area contributed by atoms with Crippen molar-refractivity contribution >= 4 is 11.9 Å². The monoisotopic (exact) mass is 266 g/mol. The number of carbonyl (C=O) groups excluding carboxylic acids is 1. The van der Waals surface area contributed by atoms with E-state index in [0.29, 0.717) is 29.9 Å². The molecular weight excluding hydrogens is 248 g/mol. The number of aromatic amines is 1. The van der Waals surface area contributed by atoms with Crippen LogP contribution in [0.15, 0.2) is 0 Å². The Hall–Kier alpha value is -1.82. The van der Waals surface area contributed by atoms with Gasteiger partial charge in [0.25, 0.3) is 5.91 Å². The van der Waals surface area contributed by atoms with Crippen molar-refractivity contribution in [3.05, 3.63) is 22.5 Å². The Morgan fingerprint density at radius 3 is 2.58 bits per heavy atom. The van der Waals surface area contributed by atoms with Gasteiger partial charge in [0.1, 0.15) is 5.69 Å². The van der Waals surface area contributed by atoms with Crippen molar-refractivity contribution in [2.75, 3.05) is 20.2 Å². The van der Waals surface area contributed by atoms with E-state index in [4.69, 9.17) is 9.84 Å². The first kappa shape index (κ1) is 13.6. The molecule has 0 aromatic carbocycles. The van der Waals surface area contributed by atoms with Gasteiger partial charge in [-0.05, 0) is 25.8 Å². The molecule has 0 saturated carbocycles. The minimum Gasteiger partial charge on any atom is -0.477 e. The van der Waals surface area contributed by atoms with E-state index in [1.807, 2.05) is 0 Å². The maximum Gasteiger partial charge on any atom is 0.352 e. The summed E-state index contributed by atoms with van der Waals surface area (Å²) >= 11 is 0. The minimum absolute atomic E-state index is 0.0717. The van der Waals surface area contributed by atoms with Gasteiger partial charge in [0.05, 0.1) is 11.7 Å². The summed E-state index contributed by atoms with van der Waals surface area (Å²) in [6.45, 7) is 4.58. The van der Waals surface area contributed by atoms with Crippen molar-refractivity contribution < 1.29 is 19.4 Å². The molecule has 2 rings (SSSR count). The predicted octanol–water partition coefficient (Wildman–Crippen LogP) is 1.19. The predicted molar refractivity (Wildman–Crippen MR) is 68.5 cm³/mol. The minimum atomic E-state index is -1.05. The van der Waals surface area contributed by atoms with Crippen LogP contribution in [0, 0.1) is 13.8 Å². The molecule has 1 unspecified atom stereocenters. The summed E-state index contributed by atoms with van der Waals surface area (Å²) < 4.78 is 5.24. The van der Waals surface area contributed by atoms with E-state index in [1.54, 1.807) is 25.9 Å². The van der Waals surface area contributed by atoms with Crippen LogP contribution in [0.4, 0.5) is 0 Å². The number of carbonyl (C=O) groups is 2. The molecule has 1 aromatic heterocycles. The first-order chi connectivity index (χ1) is 8.95. The van der Waals surface area contributed by atoms with Gasteiger partial charge in [0, 0.05) is 25.9 Å². The number of rotatable bonds is 3. The Bertz CT molecular complexity index is 521. The molecule has 19 heavy (non-hydrogen) atoms. The molecule has 1 fully saturated rings. The highest BCUT2D eigenvalue weighted by Crippen LogP contribution is 2.22. The SMILES string of the molecule is COC1CCN(C(=O)c2c(C)[nH]c(C(=O)O)c2C)C1. The number of carboxylic acids is 1. The van der Waals surface area contributed by atoms with E-state index in [2.05, 4.69) is 4.98 Å². The second-order valence-electron chi connectivity index (χ2n) is 4.83. The summed E-state index contributed by atoms with van der Waals surface area (Å²) in [4.78, 5) is 28.0. The Balaban J connectivity index is 2.27. The van der Waals surface area contributed by atoms with Gasteiger partial charge in [0.2, 0.25) is 0 Å². The molecule has 1 atom stereocenters. The number of nitrogens with zero attached hydrogens (tertiary/aromatic N) is 1. The number of carboxylic acid groups (broad SMARTS) is 1. The van der Waals surface area contributed by atoms with Crippen LogP contribution in [0.5, 0.6) is 0 Å². The van der Waals surface area contributed by atoms with E-state index >= 15 is 0 Å². The standard InChI is InChI=1S/C13H18N2O4/c1-7-10(8(2)14-11(7)13(17)18)12(16)15-5-4-9(6-15)19-3/h9,14H,4-6H2,1-3H3,(H,17,18). The quantitative estimate of drug-likeness (QED) is 0.861. The number of hydrogen-bond acceptors (Lipinski definition) is 3. The number of aromatic carboxylic acids is 1. The van der Waals surface area contributed by atoms with Crippen LogP contribution in [0.25, 0.3) is 0 Å². The van der Waals surface area contributed by atoms with Crippen molar-refractivity contribution in [3.8, 4) is 0 Å². The van der Waals surface area contributed by atoms with Crippen molar-refractivity contribution in [2.45, 2.75) is 26.4 Å². The number of likely N-dealkylation sites (tertiary alicyclic amines) is 1. The van der Waals surface area contributed by atoms with Crippen LogP contribution in [0.3, 0.4) is 0 Å². The molecule has 2 N–H and O–H groups in total. The van der Waals surface area contributed by atoms with Crippen molar-refractivity contribution in [2.24, 2.45) is 0 Å². The lowest BCUT2D eigenvalue weighted by Gasteiger charge is -2.16. The average Bonchev–Trinajstić information content (AvgIpc) is 2.93. The highest BCUT2D eigenvalue weighted by atomic mass is 16.5. The van der Waals surface area contributed by atoms with Crippen LogP contribution in [0.2, 0.25) is 0 Å². The number of nitrogens with one attached hydrogen (secondary N) is 1. The summed E-state index contributed by atoms with van der Waals surface area (Å²) in [5.41, 5.74) is 1.65. The van der Waals surface area contributed by atoms with Crippen LogP contribution >= 0.6 is 0 Å². The molecule has 1 saturated heterocycles. The molecule has 0 spiro atoms. The largest absolute Gasteiger partial charge is 0.477 e. The third-order valence-corrected chi connectivity index (χ3v) is 3.63. The fraction of sp³-hybridized carbons (Fsp3) is 0.538. The van der Waals surface area contributed by atoms with Crippen LogP contribution in [-0.2, 0) is 4.74 Å². The molecule has 0 bridgehead atoms. The molecule has 1 aromatic rings. The van der Waals surface area contributed by atoms with Crippen molar-refractivity contribution in [1.82, 2.24) is 9.88 Å². The summed E-state index contributed by atoms with van der Waals surface area (Å²) in [7, 11) is 1.63. The van der Waals surface area contributed by atoms with Crippen LogP contribution in [0.1, 0.15) is 38.5 Å². The highest BCUT2D eigenvalue weighted by molar-refractivity contribution is 6.00. The molecule has 1 aliphatic rings. The second-order valence-corrected chi connectivity index (χ2v) is 4.83. The zero-order valence-corrected chi connectivity index (χ0v) is 11.3. The van der Waals surface area contributed by atoms with E-state index in [9.17, 15) is 9.59 Å². The first-order valence-electron chi connectivity index (χ1n) is 6.20. The number of amides is 1. The molecule has 6 heteroatoms. The van der Waals surface area contributed by atoms with Gasteiger partial charge in [-0.15, -0.1) is 0 Å². The molecule has 0 aliphatic carbocycles. The van der Waals surface area contributed by atoms with Crippen LogP contribution < -0.4 is 0 Å². The fourth-order valence-electron chi connectivity index (χ4n) is 2.55. The lowest BCUT2D eigenvalue weighted by molar-refractivity contribution is 0.0690. The Morgan fingerprint density at radius 2 is 2.11 bits per heavy atom.